The molecule has 2 nitrogen and oxygen atoms in total. The molecule has 1 aliphatic heterocycles. The third-order valence-corrected chi connectivity index (χ3v) is 2.46. The van der Waals surface area contributed by atoms with Crippen molar-refractivity contribution in [3.8, 4) is 0 Å². The molecule has 1 saturated heterocycles. The van der Waals surface area contributed by atoms with Gasteiger partial charge in [-0.2, -0.15) is 0 Å². The van der Waals surface area contributed by atoms with Crippen LogP contribution in [0.25, 0.3) is 0 Å². The van der Waals surface area contributed by atoms with E-state index in [9.17, 15) is 0 Å². The molecule has 9 heavy (non-hydrogen) atoms. The minimum atomic E-state index is 1.15. The molecule has 0 N–H and O–H groups in total. The van der Waals surface area contributed by atoms with Crippen molar-refractivity contribution in [2.45, 2.75) is 13.3 Å². The minimum absolute atomic E-state index is 1.15. The van der Waals surface area contributed by atoms with Crippen LogP contribution in [0.15, 0.2) is 0 Å². The number of hydrogen-bond donors (Lipinski definition) is 0. The summed E-state index contributed by atoms with van der Waals surface area (Å²) in [5.41, 5.74) is 0. The van der Waals surface area contributed by atoms with E-state index < -0.39 is 0 Å². The zero-order valence-electron chi connectivity index (χ0n) is 5.81. The second-order valence-electron chi connectivity index (χ2n) is 2.39. The Morgan fingerprint density at radius 2 is 2.22 bits per heavy atom. The molecular formula is C6H13IN2. The maximum absolute atomic E-state index is 2.45. The molecule has 0 saturated carbocycles. The molecule has 54 valence electrons. The van der Waals surface area contributed by atoms with Crippen LogP contribution in [0.3, 0.4) is 0 Å². The second kappa shape index (κ2) is 3.73. The molecule has 0 atom stereocenters. The van der Waals surface area contributed by atoms with Crippen molar-refractivity contribution >= 4 is 22.9 Å². The lowest BCUT2D eigenvalue weighted by atomic mass is 10.3. The minimum Gasteiger partial charge on any atom is -0.290 e. The predicted molar refractivity (Wildman–Crippen MR) is 47.5 cm³/mol. The number of nitrogens with zero attached hydrogens (tertiary/aromatic N) is 2. The second-order valence-corrected chi connectivity index (χ2v) is 3.76. The summed E-state index contributed by atoms with van der Waals surface area (Å²) in [5.74, 6) is 0. The van der Waals surface area contributed by atoms with Crippen molar-refractivity contribution in [3.63, 3.8) is 0 Å². The first-order valence-electron chi connectivity index (χ1n) is 3.46. The largest absolute Gasteiger partial charge is 0.290 e. The monoisotopic (exact) mass is 240 g/mol. The number of rotatable bonds is 1. The van der Waals surface area contributed by atoms with Gasteiger partial charge in [-0.3, -0.25) is 4.90 Å². The first-order valence-corrected chi connectivity index (χ1v) is 4.42. The number of halogens is 1. The van der Waals surface area contributed by atoms with Gasteiger partial charge in [0.2, 0.25) is 0 Å². The lowest BCUT2D eigenvalue weighted by Crippen LogP contribution is -2.39. The summed E-state index contributed by atoms with van der Waals surface area (Å²) >= 11 is 2.39. The van der Waals surface area contributed by atoms with Gasteiger partial charge in [0.15, 0.2) is 0 Å². The molecule has 0 unspecified atom stereocenters. The fourth-order valence-electron chi connectivity index (χ4n) is 1.08. The summed E-state index contributed by atoms with van der Waals surface area (Å²) in [7, 11) is 0. The molecule has 0 spiro atoms. The van der Waals surface area contributed by atoms with Crippen LogP contribution in [0.5, 0.6) is 0 Å². The number of hydrogen-bond acceptors (Lipinski definition) is 2. The zero-order chi connectivity index (χ0) is 6.69. The third kappa shape index (κ3) is 2.39. The summed E-state index contributed by atoms with van der Waals surface area (Å²) in [6.45, 7) is 7.11. The quantitative estimate of drug-likeness (QED) is 0.503. The molecule has 0 aromatic rings. The first-order chi connectivity index (χ1) is 4.33. The molecule has 0 bridgehead atoms. The van der Waals surface area contributed by atoms with Crippen molar-refractivity contribution in [2.75, 3.05) is 26.3 Å². The van der Waals surface area contributed by atoms with Crippen molar-refractivity contribution in [1.82, 2.24) is 8.01 Å². The first kappa shape index (κ1) is 7.75. The van der Waals surface area contributed by atoms with E-state index in [1.807, 2.05) is 0 Å². The van der Waals surface area contributed by atoms with Gasteiger partial charge in [-0.25, -0.2) is 3.11 Å². The molecule has 0 aromatic heterocycles. The van der Waals surface area contributed by atoms with E-state index in [0.717, 1.165) is 6.67 Å². The molecule has 1 aliphatic rings. The summed E-state index contributed by atoms with van der Waals surface area (Å²) in [5, 5.41) is 0. The predicted octanol–water partition coefficient (Wildman–Crippen LogP) is 1.32. The van der Waals surface area contributed by atoms with Crippen LogP contribution in [0.4, 0.5) is 0 Å². The van der Waals surface area contributed by atoms with Crippen LogP contribution in [0, 0.1) is 0 Å². The van der Waals surface area contributed by atoms with Gasteiger partial charge in [-0.15, -0.1) is 0 Å². The van der Waals surface area contributed by atoms with E-state index in [2.05, 4.69) is 37.8 Å². The fourth-order valence-corrected chi connectivity index (χ4v) is 1.86. The van der Waals surface area contributed by atoms with Crippen molar-refractivity contribution in [2.24, 2.45) is 0 Å². The van der Waals surface area contributed by atoms with Gasteiger partial charge in [-0.1, -0.05) is 6.92 Å². The van der Waals surface area contributed by atoms with Gasteiger partial charge in [0.25, 0.3) is 0 Å². The maximum atomic E-state index is 2.45. The third-order valence-electron chi connectivity index (χ3n) is 1.68. The summed E-state index contributed by atoms with van der Waals surface area (Å²) < 4.78 is 2.34. The molecule has 0 amide bonds. The van der Waals surface area contributed by atoms with E-state index in [4.69, 9.17) is 0 Å². The summed E-state index contributed by atoms with van der Waals surface area (Å²) in [6, 6.07) is 0. The molecule has 1 heterocycles. The average Bonchev–Trinajstić information content (AvgIpc) is 1.88. The van der Waals surface area contributed by atoms with Crippen LogP contribution < -0.4 is 0 Å². The normalized spacial score (nSPS) is 24.7. The van der Waals surface area contributed by atoms with Gasteiger partial charge in [0.05, 0.1) is 6.67 Å². The molecule has 3 heteroatoms. The standard InChI is InChI=1S/C6H13IN2/c1-2-8-4-3-5-9(7)6-8/h2-6H2,1H3. The lowest BCUT2D eigenvalue weighted by Gasteiger charge is -2.30. The van der Waals surface area contributed by atoms with E-state index in [1.165, 1.54) is 26.1 Å². The highest BCUT2D eigenvalue weighted by atomic mass is 127. The molecular weight excluding hydrogens is 227 g/mol. The van der Waals surface area contributed by atoms with Crippen LogP contribution in [0.2, 0.25) is 0 Å². The van der Waals surface area contributed by atoms with E-state index in [-0.39, 0.29) is 0 Å². The van der Waals surface area contributed by atoms with Crippen molar-refractivity contribution in [1.29, 1.82) is 0 Å². The Bertz CT molecular complexity index is 87.1. The van der Waals surface area contributed by atoms with Gasteiger partial charge in [0.1, 0.15) is 0 Å². The fraction of sp³-hybridized carbons (Fsp3) is 1.00. The van der Waals surface area contributed by atoms with E-state index >= 15 is 0 Å². The Morgan fingerprint density at radius 3 is 2.67 bits per heavy atom. The highest BCUT2D eigenvalue weighted by molar-refractivity contribution is 14.1. The zero-order valence-corrected chi connectivity index (χ0v) is 7.97. The lowest BCUT2D eigenvalue weighted by molar-refractivity contribution is 0.176. The van der Waals surface area contributed by atoms with Crippen molar-refractivity contribution < 1.29 is 0 Å². The molecule has 1 rings (SSSR count). The van der Waals surface area contributed by atoms with Crippen molar-refractivity contribution in [3.05, 3.63) is 0 Å². The van der Waals surface area contributed by atoms with Gasteiger partial charge >= 0.3 is 0 Å². The van der Waals surface area contributed by atoms with Crippen LogP contribution >= 0.6 is 22.9 Å². The van der Waals surface area contributed by atoms with Crippen LogP contribution in [0.1, 0.15) is 13.3 Å². The van der Waals surface area contributed by atoms with Crippen LogP contribution in [-0.4, -0.2) is 34.3 Å². The smallest absolute Gasteiger partial charge is 0.0598 e. The van der Waals surface area contributed by atoms with Gasteiger partial charge < -0.3 is 0 Å². The summed E-state index contributed by atoms with van der Waals surface area (Å²) in [6.07, 6.45) is 1.33. The topological polar surface area (TPSA) is 6.48 Å². The van der Waals surface area contributed by atoms with Gasteiger partial charge in [-0.05, 0) is 13.0 Å². The highest BCUT2D eigenvalue weighted by Gasteiger charge is 2.12. The Hall–Kier alpha value is 0.650. The van der Waals surface area contributed by atoms with E-state index in [1.54, 1.807) is 0 Å². The van der Waals surface area contributed by atoms with Gasteiger partial charge in [0, 0.05) is 36.0 Å². The Kier molecular flexibility index (Phi) is 3.21. The van der Waals surface area contributed by atoms with Crippen LogP contribution in [-0.2, 0) is 0 Å². The Labute approximate surface area is 70.7 Å². The molecule has 0 aromatic carbocycles. The average molecular weight is 240 g/mol. The maximum Gasteiger partial charge on any atom is 0.0598 e. The molecule has 0 aliphatic carbocycles. The Balaban J connectivity index is 2.23. The van der Waals surface area contributed by atoms with E-state index in [0.29, 0.717) is 0 Å². The molecule has 0 radical (unpaired) electrons. The SMILES string of the molecule is CCN1CCCN(I)C1. The summed E-state index contributed by atoms with van der Waals surface area (Å²) in [4.78, 5) is 2.45. The molecule has 1 fully saturated rings. The highest BCUT2D eigenvalue weighted by Crippen LogP contribution is 2.08. The Morgan fingerprint density at radius 1 is 1.44 bits per heavy atom.